The summed E-state index contributed by atoms with van der Waals surface area (Å²) in [6, 6.07) is 9.97. The van der Waals surface area contributed by atoms with Crippen LogP contribution >= 0.6 is 11.3 Å². The van der Waals surface area contributed by atoms with Crippen molar-refractivity contribution >= 4 is 32.4 Å². The number of benzene rings is 1. The Balaban J connectivity index is 1.71. The number of carbonyl (C=O) groups excluding carboxylic acids is 1. The molecule has 0 aliphatic carbocycles. The summed E-state index contributed by atoms with van der Waals surface area (Å²) in [6.45, 7) is 4.43. The molecule has 0 saturated carbocycles. The van der Waals surface area contributed by atoms with Crippen molar-refractivity contribution in [2.24, 2.45) is 0 Å². The third kappa shape index (κ3) is 5.00. The van der Waals surface area contributed by atoms with Gasteiger partial charge in [0.05, 0.1) is 19.4 Å². The summed E-state index contributed by atoms with van der Waals surface area (Å²) >= 11 is 0.791. The van der Waals surface area contributed by atoms with Gasteiger partial charge in [0.2, 0.25) is 9.47 Å². The van der Waals surface area contributed by atoms with E-state index in [2.05, 4.69) is 15.5 Å². The number of rotatable bonds is 9. The normalized spacial score (nSPS) is 11.6. The molecule has 9 nitrogen and oxygen atoms in total. The second-order valence-electron chi connectivity index (χ2n) is 5.80. The van der Waals surface area contributed by atoms with E-state index in [9.17, 15) is 13.2 Å². The largest absolute Gasteiger partial charge is 0.494 e. The lowest BCUT2D eigenvalue weighted by molar-refractivity contribution is 0.102. The van der Waals surface area contributed by atoms with E-state index < -0.39 is 15.9 Å². The van der Waals surface area contributed by atoms with Gasteiger partial charge < -0.3 is 9.15 Å². The molecule has 2 aromatic heterocycles. The van der Waals surface area contributed by atoms with Crippen molar-refractivity contribution in [2.75, 3.05) is 18.5 Å². The molecule has 2 heterocycles. The van der Waals surface area contributed by atoms with Crippen LogP contribution in [0.5, 0.6) is 5.75 Å². The van der Waals surface area contributed by atoms with Crippen LogP contribution in [0.4, 0.5) is 5.13 Å². The number of nitrogens with zero attached hydrogens (tertiary/aromatic N) is 3. The summed E-state index contributed by atoms with van der Waals surface area (Å²) in [5.74, 6) is 0.754. The fourth-order valence-corrected chi connectivity index (χ4v) is 4.91. The van der Waals surface area contributed by atoms with Crippen molar-refractivity contribution in [3.63, 3.8) is 0 Å². The summed E-state index contributed by atoms with van der Waals surface area (Å²) < 4.78 is 37.2. The number of anilines is 1. The Labute approximate surface area is 172 Å². The number of carbonyl (C=O) groups is 1. The summed E-state index contributed by atoms with van der Waals surface area (Å²) in [6.07, 6.45) is 1.48. The maximum absolute atomic E-state index is 12.8. The standard InChI is InChI=1S/C18H20N4O5S2/c1-3-22(12-15-6-5-11-27-15)29(24,25)18-21-20-17(28-18)19-16(23)13-7-9-14(10-8-13)26-4-2/h5-11H,3-4,12H2,1-2H3,(H,19,20,23). The van der Waals surface area contributed by atoms with Gasteiger partial charge in [-0.25, -0.2) is 8.42 Å². The molecule has 0 unspecified atom stereocenters. The van der Waals surface area contributed by atoms with Crippen LogP contribution in [0.15, 0.2) is 51.4 Å². The molecule has 3 rings (SSSR count). The van der Waals surface area contributed by atoms with Crippen molar-refractivity contribution in [1.29, 1.82) is 0 Å². The van der Waals surface area contributed by atoms with Crippen molar-refractivity contribution in [3.8, 4) is 5.75 Å². The third-order valence-electron chi connectivity index (χ3n) is 3.88. The third-order valence-corrected chi connectivity index (χ3v) is 6.99. The fraction of sp³-hybridized carbons (Fsp3) is 0.278. The molecular weight excluding hydrogens is 416 g/mol. The highest BCUT2D eigenvalue weighted by Gasteiger charge is 2.28. The predicted molar refractivity (Wildman–Crippen MR) is 107 cm³/mol. The number of hydrogen-bond donors (Lipinski definition) is 1. The summed E-state index contributed by atoms with van der Waals surface area (Å²) in [5.41, 5.74) is 0.390. The number of aromatic nitrogens is 2. The van der Waals surface area contributed by atoms with Gasteiger partial charge >= 0.3 is 0 Å². The highest BCUT2D eigenvalue weighted by atomic mass is 32.2. The number of furan rings is 1. The number of ether oxygens (including phenoxy) is 1. The van der Waals surface area contributed by atoms with Gasteiger partial charge in [0.25, 0.3) is 15.9 Å². The molecule has 0 fully saturated rings. The first-order valence-corrected chi connectivity index (χ1v) is 11.1. The number of nitrogens with one attached hydrogen (secondary N) is 1. The van der Waals surface area contributed by atoms with Gasteiger partial charge in [0.15, 0.2) is 0 Å². The van der Waals surface area contributed by atoms with E-state index in [4.69, 9.17) is 9.15 Å². The van der Waals surface area contributed by atoms with Gasteiger partial charge in [-0.1, -0.05) is 18.3 Å². The molecule has 0 radical (unpaired) electrons. The molecular formula is C18H20N4O5S2. The van der Waals surface area contributed by atoms with Crippen LogP contribution in [0.3, 0.4) is 0 Å². The van der Waals surface area contributed by atoms with Crippen molar-refractivity contribution in [1.82, 2.24) is 14.5 Å². The molecule has 0 aliphatic heterocycles. The van der Waals surface area contributed by atoms with E-state index >= 15 is 0 Å². The Kier molecular flexibility index (Phi) is 6.62. The maximum Gasteiger partial charge on any atom is 0.272 e. The topological polar surface area (TPSA) is 115 Å². The lowest BCUT2D eigenvalue weighted by atomic mass is 10.2. The molecule has 1 amide bonds. The smallest absolute Gasteiger partial charge is 0.272 e. The number of sulfonamides is 1. The van der Waals surface area contributed by atoms with Gasteiger partial charge in [-0.15, -0.1) is 10.2 Å². The maximum atomic E-state index is 12.8. The molecule has 3 aromatic rings. The summed E-state index contributed by atoms with van der Waals surface area (Å²) in [5, 5.41) is 10.2. The first-order chi connectivity index (χ1) is 13.9. The minimum absolute atomic E-state index is 0.0826. The Morgan fingerprint density at radius 3 is 2.59 bits per heavy atom. The van der Waals surface area contributed by atoms with Crippen molar-refractivity contribution in [2.45, 2.75) is 24.7 Å². The van der Waals surface area contributed by atoms with Crippen LogP contribution in [-0.2, 0) is 16.6 Å². The lowest BCUT2D eigenvalue weighted by Gasteiger charge is -2.16. The lowest BCUT2D eigenvalue weighted by Crippen LogP contribution is -2.30. The summed E-state index contributed by atoms with van der Waals surface area (Å²) in [4.78, 5) is 12.4. The average molecular weight is 437 g/mol. The zero-order valence-corrected chi connectivity index (χ0v) is 17.5. The van der Waals surface area contributed by atoms with E-state index in [0.717, 1.165) is 11.3 Å². The molecule has 0 aliphatic rings. The van der Waals surface area contributed by atoms with E-state index in [1.54, 1.807) is 43.3 Å². The molecule has 0 saturated heterocycles. The molecule has 1 N–H and O–H groups in total. The SMILES string of the molecule is CCOc1ccc(C(=O)Nc2nnc(S(=O)(=O)N(CC)Cc3ccco3)s2)cc1. The minimum Gasteiger partial charge on any atom is -0.494 e. The average Bonchev–Trinajstić information content (AvgIpc) is 3.39. The van der Waals surface area contributed by atoms with E-state index in [-0.39, 0.29) is 22.6 Å². The summed E-state index contributed by atoms with van der Waals surface area (Å²) in [7, 11) is -3.87. The molecule has 29 heavy (non-hydrogen) atoms. The Morgan fingerprint density at radius 1 is 1.21 bits per heavy atom. The Hall–Kier alpha value is -2.76. The Bertz CT molecular complexity index is 1050. The molecule has 0 bridgehead atoms. The monoisotopic (exact) mass is 436 g/mol. The van der Waals surface area contributed by atoms with Crippen molar-refractivity contribution in [3.05, 3.63) is 54.0 Å². The molecule has 154 valence electrons. The van der Waals surface area contributed by atoms with Crippen LogP contribution < -0.4 is 10.1 Å². The van der Waals surface area contributed by atoms with Crippen LogP contribution in [0, 0.1) is 0 Å². The quantitative estimate of drug-likeness (QED) is 0.513. The fourth-order valence-electron chi connectivity index (χ4n) is 2.46. The first-order valence-electron chi connectivity index (χ1n) is 8.84. The van der Waals surface area contributed by atoms with Crippen LogP contribution in [0.1, 0.15) is 30.0 Å². The molecule has 1 aromatic carbocycles. The highest BCUT2D eigenvalue weighted by molar-refractivity contribution is 7.91. The van der Waals surface area contributed by atoms with Crippen LogP contribution in [0.2, 0.25) is 0 Å². The van der Waals surface area contributed by atoms with Crippen molar-refractivity contribution < 1.29 is 22.4 Å². The number of hydrogen-bond acceptors (Lipinski definition) is 8. The van der Waals surface area contributed by atoms with E-state index in [1.165, 1.54) is 10.6 Å². The zero-order chi connectivity index (χ0) is 20.9. The predicted octanol–water partition coefficient (Wildman–Crippen LogP) is 2.99. The zero-order valence-electron chi connectivity index (χ0n) is 15.9. The van der Waals surface area contributed by atoms with Crippen LogP contribution in [0.25, 0.3) is 0 Å². The van der Waals surface area contributed by atoms with Gasteiger partial charge in [0.1, 0.15) is 11.5 Å². The highest BCUT2D eigenvalue weighted by Crippen LogP contribution is 2.25. The number of amides is 1. The van der Waals surface area contributed by atoms with Gasteiger partial charge in [-0.3, -0.25) is 10.1 Å². The van der Waals surface area contributed by atoms with Gasteiger partial charge in [-0.05, 0) is 43.3 Å². The molecule has 11 heteroatoms. The first kappa shape index (κ1) is 21.0. The molecule has 0 atom stereocenters. The van der Waals surface area contributed by atoms with Crippen LogP contribution in [-0.4, -0.2) is 42.0 Å². The van der Waals surface area contributed by atoms with E-state index in [0.29, 0.717) is 23.7 Å². The molecule has 0 spiro atoms. The van der Waals surface area contributed by atoms with Gasteiger partial charge in [0, 0.05) is 12.1 Å². The van der Waals surface area contributed by atoms with E-state index in [1.807, 2.05) is 6.92 Å². The Morgan fingerprint density at radius 2 is 1.97 bits per heavy atom. The second kappa shape index (κ2) is 9.16. The minimum atomic E-state index is -3.87. The van der Waals surface area contributed by atoms with Gasteiger partial charge in [-0.2, -0.15) is 4.31 Å². The second-order valence-corrected chi connectivity index (χ2v) is 8.88.